The molecule has 1 atom stereocenters. The average Bonchev–Trinajstić information content (AvgIpc) is 3.45. The van der Waals surface area contributed by atoms with Crippen molar-refractivity contribution in [3.63, 3.8) is 0 Å². The average molecular weight is 513 g/mol. The molecule has 0 amide bonds. The van der Waals surface area contributed by atoms with Crippen LogP contribution >= 0.6 is 47.0 Å². The topological polar surface area (TPSA) is 103 Å². The van der Waals surface area contributed by atoms with Crippen molar-refractivity contribution in [2.75, 3.05) is 0 Å². The van der Waals surface area contributed by atoms with Gasteiger partial charge in [-0.2, -0.15) is 20.2 Å². The number of carbonyl (C=O) groups is 1. The number of nitrogens with zero attached hydrogens (tertiary/aromatic N) is 4. The maximum absolute atomic E-state index is 13.0. The molecule has 0 radical (unpaired) electrons. The van der Waals surface area contributed by atoms with Gasteiger partial charge in [0.1, 0.15) is 40.8 Å². The lowest BCUT2D eigenvalue weighted by Crippen LogP contribution is -2.20. The third-order valence-electron chi connectivity index (χ3n) is 4.79. The van der Waals surface area contributed by atoms with Gasteiger partial charge in [0.05, 0.1) is 29.7 Å². The summed E-state index contributed by atoms with van der Waals surface area (Å²) in [5.74, 6) is -0.637. The van der Waals surface area contributed by atoms with Crippen molar-refractivity contribution in [2.24, 2.45) is 5.92 Å². The van der Waals surface area contributed by atoms with Gasteiger partial charge in [-0.1, -0.05) is 73.7 Å². The van der Waals surface area contributed by atoms with E-state index in [1.165, 1.54) is 0 Å². The quantitative estimate of drug-likeness (QED) is 0.184. The number of allylic oxidation sites excluding steroid dienone is 1. The van der Waals surface area contributed by atoms with E-state index in [9.17, 15) is 20.4 Å². The second-order valence-corrected chi connectivity index (χ2v) is 11.4. The Kier molecular flexibility index (Phi) is 8.30. The Morgan fingerprint density at radius 3 is 2.09 bits per heavy atom. The van der Waals surface area contributed by atoms with Crippen molar-refractivity contribution in [3.05, 3.63) is 42.7 Å². The fourth-order valence-corrected chi connectivity index (χ4v) is 8.13. The molecule has 0 spiro atoms. The van der Waals surface area contributed by atoms with Crippen LogP contribution < -0.4 is 4.74 Å². The summed E-state index contributed by atoms with van der Waals surface area (Å²) in [7, 11) is 0. The molecular weight excluding hydrogens is 497 g/mol. The first-order valence-electron chi connectivity index (χ1n) is 9.83. The molecule has 1 unspecified atom stereocenters. The second-order valence-electron chi connectivity index (χ2n) is 6.79. The molecule has 1 N–H and O–H groups in total. The number of hydrogen-bond acceptors (Lipinski definition) is 9. The van der Waals surface area contributed by atoms with Gasteiger partial charge in [-0.15, -0.1) is 0 Å². The smallest absolute Gasteiger partial charge is 0.505 e. The van der Waals surface area contributed by atoms with E-state index in [0.717, 1.165) is 59.9 Å². The fraction of sp³-hybridized carbons (Fsp3) is 0.318. The molecule has 0 aromatic heterocycles. The lowest BCUT2D eigenvalue weighted by atomic mass is 10.00. The monoisotopic (exact) mass is 512 g/mol. The summed E-state index contributed by atoms with van der Waals surface area (Å²) < 4.78 is 6.72. The second kappa shape index (κ2) is 11.0. The van der Waals surface area contributed by atoms with Gasteiger partial charge in [-0.25, -0.2) is 0 Å². The Morgan fingerprint density at radius 2 is 1.58 bits per heavy atom. The maximum Gasteiger partial charge on any atom is 0.540 e. The Labute approximate surface area is 208 Å². The summed E-state index contributed by atoms with van der Waals surface area (Å²) in [6, 6.07) is 3.71. The number of hydrogen-bond donors (Lipinski definition) is 1. The maximum atomic E-state index is 13.0. The largest absolute Gasteiger partial charge is 0.540 e. The number of carbonyl (C=O) groups excluding carboxylic acids is 1. The summed E-state index contributed by atoms with van der Waals surface area (Å²) in [5, 5.41) is 29.5. The number of ether oxygens (including phenoxy) is 1. The molecule has 166 valence electrons. The number of aromatic hydroxyl groups is 1. The normalized spacial score (nSPS) is 14.2. The Hall–Kier alpha value is -2.67. The van der Waals surface area contributed by atoms with Crippen LogP contribution in [0.3, 0.4) is 0 Å². The predicted octanol–water partition coefficient (Wildman–Crippen LogP) is 7.13. The van der Waals surface area contributed by atoms with E-state index in [0.29, 0.717) is 40.9 Å². The lowest BCUT2D eigenvalue weighted by Gasteiger charge is -2.17. The van der Waals surface area contributed by atoms with E-state index in [1.807, 2.05) is 19.1 Å². The lowest BCUT2D eigenvalue weighted by molar-refractivity contribution is -0.139. The van der Waals surface area contributed by atoms with Gasteiger partial charge in [0.15, 0.2) is 5.75 Å². The predicted molar refractivity (Wildman–Crippen MR) is 129 cm³/mol. The number of fused-ring (bicyclic) bond motifs is 2. The first kappa shape index (κ1) is 25.0. The number of esters is 1. The molecule has 33 heavy (non-hydrogen) atoms. The minimum Gasteiger partial charge on any atom is -0.505 e. The standard InChI is InChI=1S/C22H16N4O3S4/c1-5-7-8-11(6-2)20(28)29-14-17-15(30-21(32-17)12(9-23)10-24)13(27)16-18(14)33-22(31-16)19(25-3)26-4/h11,27H,5-8H2,1-2H3. The SMILES string of the molecule is [C-]#[N+]C([N+]#[C-])=C1Sc2c(O)c3c(c(OC(=O)C(CC)CCCC)c2S1)SC(=C(C#N)C#N)S3. The first-order chi connectivity index (χ1) is 15.9. The Balaban J connectivity index is 2.15. The highest BCUT2D eigenvalue weighted by Crippen LogP contribution is 2.68. The van der Waals surface area contributed by atoms with Crippen LogP contribution in [0.5, 0.6) is 11.5 Å². The fourth-order valence-electron chi connectivity index (χ4n) is 3.06. The molecule has 11 heteroatoms. The third-order valence-corrected chi connectivity index (χ3v) is 9.96. The zero-order valence-corrected chi connectivity index (χ0v) is 20.9. The van der Waals surface area contributed by atoms with Crippen molar-refractivity contribution in [1.82, 2.24) is 0 Å². The van der Waals surface area contributed by atoms with E-state index in [4.69, 9.17) is 17.9 Å². The van der Waals surface area contributed by atoms with Gasteiger partial charge >= 0.3 is 11.8 Å². The van der Waals surface area contributed by atoms with Gasteiger partial charge in [-0.3, -0.25) is 4.79 Å². The molecule has 1 aromatic carbocycles. The highest BCUT2D eigenvalue weighted by atomic mass is 32.2. The highest BCUT2D eigenvalue weighted by molar-refractivity contribution is 8.25. The Bertz CT molecular complexity index is 1150. The van der Waals surface area contributed by atoms with Crippen molar-refractivity contribution in [2.45, 2.75) is 59.1 Å². The molecular formula is C22H16N4O3S4. The number of thioether (sulfide) groups is 4. The number of unbranched alkanes of at least 4 members (excludes halogenated alkanes) is 1. The van der Waals surface area contributed by atoms with Crippen LogP contribution in [0.15, 0.2) is 39.5 Å². The number of benzene rings is 1. The molecule has 3 rings (SSSR count). The minimum absolute atomic E-state index is 0.0811. The van der Waals surface area contributed by atoms with E-state index >= 15 is 0 Å². The van der Waals surface area contributed by atoms with Crippen LogP contribution in [0.2, 0.25) is 0 Å². The molecule has 0 saturated carbocycles. The highest BCUT2D eigenvalue weighted by Gasteiger charge is 2.40. The summed E-state index contributed by atoms with van der Waals surface area (Å²) >= 11 is 4.37. The molecule has 7 nitrogen and oxygen atoms in total. The minimum atomic E-state index is -0.386. The summed E-state index contributed by atoms with van der Waals surface area (Å²) in [6.07, 6.45) is 3.16. The van der Waals surface area contributed by atoms with E-state index in [-0.39, 0.29) is 34.8 Å². The summed E-state index contributed by atoms with van der Waals surface area (Å²) in [5.41, 5.74) is -0.0865. The molecule has 2 aliphatic rings. The van der Waals surface area contributed by atoms with E-state index in [2.05, 4.69) is 16.6 Å². The number of phenols is 1. The molecule has 2 aliphatic heterocycles. The number of phenolic OH excluding ortho intramolecular Hbond substituents is 1. The molecule has 0 bridgehead atoms. The van der Waals surface area contributed by atoms with Gasteiger partial charge < -0.3 is 9.84 Å². The van der Waals surface area contributed by atoms with Crippen LogP contribution in [-0.4, -0.2) is 11.1 Å². The van der Waals surface area contributed by atoms with Gasteiger partial charge in [0.25, 0.3) is 0 Å². The summed E-state index contributed by atoms with van der Waals surface area (Å²) in [4.78, 5) is 21.3. The molecule has 0 saturated heterocycles. The van der Waals surface area contributed by atoms with Crippen LogP contribution in [0.25, 0.3) is 9.69 Å². The van der Waals surface area contributed by atoms with Crippen molar-refractivity contribution in [1.29, 1.82) is 10.5 Å². The molecule has 1 aromatic rings. The first-order valence-corrected chi connectivity index (χ1v) is 13.1. The van der Waals surface area contributed by atoms with Crippen LogP contribution in [0.4, 0.5) is 0 Å². The van der Waals surface area contributed by atoms with Gasteiger partial charge in [-0.05, 0) is 12.8 Å². The van der Waals surface area contributed by atoms with Crippen molar-refractivity contribution in [3.8, 4) is 23.6 Å². The zero-order chi connectivity index (χ0) is 24.1. The van der Waals surface area contributed by atoms with Crippen LogP contribution in [0.1, 0.15) is 39.5 Å². The number of rotatable bonds is 6. The van der Waals surface area contributed by atoms with Gasteiger partial charge in [0, 0.05) is 0 Å². The van der Waals surface area contributed by atoms with Crippen LogP contribution in [-0.2, 0) is 4.79 Å². The molecule has 2 heterocycles. The van der Waals surface area contributed by atoms with Crippen molar-refractivity contribution < 1.29 is 14.6 Å². The van der Waals surface area contributed by atoms with Crippen molar-refractivity contribution >= 4 is 53.0 Å². The molecule has 0 aliphatic carbocycles. The van der Waals surface area contributed by atoms with Gasteiger partial charge in [0.2, 0.25) is 0 Å². The zero-order valence-electron chi connectivity index (χ0n) is 17.6. The van der Waals surface area contributed by atoms with E-state index in [1.54, 1.807) is 0 Å². The number of nitriles is 2. The van der Waals surface area contributed by atoms with E-state index < -0.39 is 0 Å². The summed E-state index contributed by atoms with van der Waals surface area (Å²) in [6.45, 7) is 18.5. The third kappa shape index (κ3) is 4.83. The Morgan fingerprint density at radius 1 is 1.03 bits per heavy atom. The molecule has 0 fully saturated rings. The van der Waals surface area contributed by atoms with Crippen LogP contribution in [0, 0.1) is 41.7 Å².